The lowest BCUT2D eigenvalue weighted by atomic mass is 10.1. The first kappa shape index (κ1) is 12.1. The standard InChI is InChI=1S/C12H15NO3/c1-16-11-6-3-9(4-7-11)2-5-10(13)8-12(14)15/h3-4,6-8H,2,5,13H2,1H3,(H,14,15)/p-1/b10-8-. The Morgan fingerprint density at radius 3 is 2.56 bits per heavy atom. The number of carbonyl (C=O) groups is 1. The van der Waals surface area contributed by atoms with Crippen LogP contribution in [0.1, 0.15) is 12.0 Å². The molecule has 16 heavy (non-hydrogen) atoms. The normalized spacial score (nSPS) is 11.2. The number of carboxylic acids is 1. The van der Waals surface area contributed by atoms with Gasteiger partial charge in [0.15, 0.2) is 0 Å². The highest BCUT2D eigenvalue weighted by molar-refractivity contribution is 5.78. The van der Waals surface area contributed by atoms with E-state index in [9.17, 15) is 9.90 Å². The monoisotopic (exact) mass is 220 g/mol. The molecule has 1 rings (SSSR count). The van der Waals surface area contributed by atoms with Crippen molar-refractivity contribution < 1.29 is 14.6 Å². The van der Waals surface area contributed by atoms with Gasteiger partial charge in [-0.1, -0.05) is 12.1 Å². The number of ether oxygens (including phenoxy) is 1. The van der Waals surface area contributed by atoms with Crippen LogP contribution in [0.2, 0.25) is 0 Å². The van der Waals surface area contributed by atoms with E-state index in [-0.39, 0.29) is 0 Å². The number of carbonyl (C=O) groups excluding carboxylic acids is 1. The van der Waals surface area contributed by atoms with Gasteiger partial charge in [-0.05, 0) is 36.6 Å². The maximum atomic E-state index is 10.2. The fourth-order valence-corrected chi connectivity index (χ4v) is 1.30. The molecule has 4 nitrogen and oxygen atoms in total. The number of methoxy groups -OCH3 is 1. The van der Waals surface area contributed by atoms with Gasteiger partial charge in [-0.2, -0.15) is 0 Å². The summed E-state index contributed by atoms with van der Waals surface area (Å²) in [7, 11) is 1.61. The molecule has 0 fully saturated rings. The number of hydrogen-bond donors (Lipinski definition) is 1. The maximum Gasteiger partial charge on any atom is 0.118 e. The summed E-state index contributed by atoms with van der Waals surface area (Å²) < 4.78 is 5.03. The average molecular weight is 220 g/mol. The lowest BCUT2D eigenvalue weighted by molar-refractivity contribution is -0.297. The van der Waals surface area contributed by atoms with Crippen LogP contribution in [0.3, 0.4) is 0 Å². The van der Waals surface area contributed by atoms with Gasteiger partial charge in [0, 0.05) is 5.70 Å². The average Bonchev–Trinajstić information content (AvgIpc) is 2.26. The van der Waals surface area contributed by atoms with Crippen LogP contribution in [0, 0.1) is 0 Å². The smallest absolute Gasteiger partial charge is 0.118 e. The van der Waals surface area contributed by atoms with Crippen molar-refractivity contribution in [2.45, 2.75) is 12.8 Å². The third-order valence-corrected chi connectivity index (χ3v) is 2.16. The summed E-state index contributed by atoms with van der Waals surface area (Å²) >= 11 is 0. The molecule has 0 aliphatic rings. The molecule has 0 saturated heterocycles. The van der Waals surface area contributed by atoms with E-state index in [0.29, 0.717) is 18.5 Å². The number of nitrogens with two attached hydrogens (primary N) is 1. The molecule has 4 heteroatoms. The van der Waals surface area contributed by atoms with E-state index in [2.05, 4.69) is 0 Å². The van der Waals surface area contributed by atoms with Gasteiger partial charge < -0.3 is 20.4 Å². The first-order valence-electron chi connectivity index (χ1n) is 4.92. The number of allylic oxidation sites excluding steroid dienone is 1. The molecule has 2 N–H and O–H groups in total. The molecule has 0 aromatic heterocycles. The molecule has 0 aliphatic heterocycles. The van der Waals surface area contributed by atoms with Crippen LogP contribution in [0.15, 0.2) is 36.0 Å². The van der Waals surface area contributed by atoms with Crippen LogP contribution in [0.5, 0.6) is 5.75 Å². The second kappa shape index (κ2) is 5.80. The molecular weight excluding hydrogens is 206 g/mol. The molecule has 0 radical (unpaired) electrons. The Balaban J connectivity index is 2.51. The molecule has 0 bridgehead atoms. The summed E-state index contributed by atoms with van der Waals surface area (Å²) in [6.45, 7) is 0. The molecule has 0 heterocycles. The molecule has 0 amide bonds. The SMILES string of the molecule is COc1ccc(CC/C(N)=C/C(=O)[O-])cc1. The topological polar surface area (TPSA) is 75.4 Å². The Bertz CT molecular complexity index is 382. The van der Waals surface area contributed by atoms with Crippen LogP contribution in [-0.4, -0.2) is 13.1 Å². The lowest BCUT2D eigenvalue weighted by Gasteiger charge is -2.04. The maximum absolute atomic E-state index is 10.2. The number of rotatable bonds is 5. The number of carboxylic acid groups (broad SMARTS) is 1. The van der Waals surface area contributed by atoms with Gasteiger partial charge in [0.05, 0.1) is 13.1 Å². The van der Waals surface area contributed by atoms with Gasteiger partial charge in [0.25, 0.3) is 0 Å². The Kier molecular flexibility index (Phi) is 4.39. The second-order valence-corrected chi connectivity index (χ2v) is 3.39. The second-order valence-electron chi connectivity index (χ2n) is 3.39. The van der Waals surface area contributed by atoms with Crippen molar-refractivity contribution >= 4 is 5.97 Å². The van der Waals surface area contributed by atoms with E-state index in [1.54, 1.807) is 7.11 Å². The van der Waals surface area contributed by atoms with Crippen molar-refractivity contribution in [3.63, 3.8) is 0 Å². The largest absolute Gasteiger partial charge is 0.545 e. The van der Waals surface area contributed by atoms with Crippen LogP contribution < -0.4 is 15.6 Å². The van der Waals surface area contributed by atoms with Crippen LogP contribution in [0.25, 0.3) is 0 Å². The summed E-state index contributed by atoms with van der Waals surface area (Å²) in [4.78, 5) is 10.2. The van der Waals surface area contributed by atoms with E-state index >= 15 is 0 Å². The minimum atomic E-state index is -1.26. The van der Waals surface area contributed by atoms with Crippen LogP contribution >= 0.6 is 0 Å². The highest BCUT2D eigenvalue weighted by atomic mass is 16.5. The van der Waals surface area contributed by atoms with Gasteiger partial charge in [-0.15, -0.1) is 0 Å². The van der Waals surface area contributed by atoms with Crippen molar-refractivity contribution in [3.8, 4) is 5.75 Å². The van der Waals surface area contributed by atoms with Crippen molar-refractivity contribution in [1.29, 1.82) is 0 Å². The number of aryl methyl sites for hydroxylation is 1. The van der Waals surface area contributed by atoms with Crippen molar-refractivity contribution in [1.82, 2.24) is 0 Å². The molecule has 1 aromatic carbocycles. The molecule has 0 aliphatic carbocycles. The zero-order valence-electron chi connectivity index (χ0n) is 9.10. The lowest BCUT2D eigenvalue weighted by Crippen LogP contribution is -2.20. The van der Waals surface area contributed by atoms with E-state index in [1.807, 2.05) is 24.3 Å². The van der Waals surface area contributed by atoms with Gasteiger partial charge in [0.1, 0.15) is 5.75 Å². The summed E-state index contributed by atoms with van der Waals surface area (Å²) in [6.07, 6.45) is 2.11. The van der Waals surface area contributed by atoms with Gasteiger partial charge in [-0.3, -0.25) is 0 Å². The highest BCUT2D eigenvalue weighted by Gasteiger charge is 1.96. The molecule has 0 spiro atoms. The molecule has 86 valence electrons. The fourth-order valence-electron chi connectivity index (χ4n) is 1.30. The van der Waals surface area contributed by atoms with Gasteiger partial charge >= 0.3 is 0 Å². The summed E-state index contributed by atoms with van der Waals surface area (Å²) in [5, 5.41) is 10.2. The summed E-state index contributed by atoms with van der Waals surface area (Å²) in [5.74, 6) is -0.464. The third kappa shape index (κ3) is 4.04. The minimum absolute atomic E-state index is 0.316. The molecule has 0 saturated carbocycles. The van der Waals surface area contributed by atoms with Crippen LogP contribution in [-0.2, 0) is 11.2 Å². The quantitative estimate of drug-likeness (QED) is 0.720. The zero-order valence-corrected chi connectivity index (χ0v) is 9.10. The molecule has 1 aromatic rings. The van der Waals surface area contributed by atoms with Crippen LogP contribution in [0.4, 0.5) is 0 Å². The Labute approximate surface area is 94.3 Å². The van der Waals surface area contributed by atoms with E-state index < -0.39 is 5.97 Å². The third-order valence-electron chi connectivity index (χ3n) is 2.16. The summed E-state index contributed by atoms with van der Waals surface area (Å²) in [6, 6.07) is 7.55. The Morgan fingerprint density at radius 1 is 1.44 bits per heavy atom. The van der Waals surface area contributed by atoms with Crippen molar-refractivity contribution in [2.24, 2.45) is 5.73 Å². The molecule has 0 unspecified atom stereocenters. The zero-order chi connectivity index (χ0) is 12.0. The van der Waals surface area contributed by atoms with Gasteiger partial charge in [0.2, 0.25) is 0 Å². The van der Waals surface area contributed by atoms with E-state index in [4.69, 9.17) is 10.5 Å². The molecule has 0 atom stereocenters. The predicted molar refractivity (Wildman–Crippen MR) is 58.6 cm³/mol. The Morgan fingerprint density at radius 2 is 2.06 bits per heavy atom. The van der Waals surface area contributed by atoms with E-state index in [0.717, 1.165) is 17.4 Å². The van der Waals surface area contributed by atoms with Crippen molar-refractivity contribution in [3.05, 3.63) is 41.6 Å². The first-order valence-corrected chi connectivity index (χ1v) is 4.92. The fraction of sp³-hybridized carbons (Fsp3) is 0.250. The number of benzene rings is 1. The first-order chi connectivity index (χ1) is 7.61. The predicted octanol–water partition coefficient (Wildman–Crippen LogP) is 0.220. The van der Waals surface area contributed by atoms with Crippen molar-refractivity contribution in [2.75, 3.05) is 7.11 Å². The minimum Gasteiger partial charge on any atom is -0.545 e. The summed E-state index contributed by atoms with van der Waals surface area (Å²) in [5.41, 5.74) is 6.89. The number of aliphatic carboxylic acids is 1. The van der Waals surface area contributed by atoms with Gasteiger partial charge in [-0.25, -0.2) is 0 Å². The highest BCUT2D eigenvalue weighted by Crippen LogP contribution is 2.13. The number of hydrogen-bond acceptors (Lipinski definition) is 4. The Hall–Kier alpha value is -1.97. The molecular formula is C12H14NO3-. The van der Waals surface area contributed by atoms with E-state index in [1.165, 1.54) is 0 Å².